The first-order valence-corrected chi connectivity index (χ1v) is 11.4. The summed E-state index contributed by atoms with van der Waals surface area (Å²) in [5.41, 5.74) is 4.20. The van der Waals surface area contributed by atoms with Crippen molar-refractivity contribution in [3.8, 4) is 11.1 Å². The number of carbonyl (C=O) groups is 1. The first-order chi connectivity index (χ1) is 16.8. The molecule has 0 radical (unpaired) electrons. The Morgan fingerprint density at radius 2 is 2.14 bits per heavy atom. The summed E-state index contributed by atoms with van der Waals surface area (Å²) in [5, 5.41) is 17.9. The third-order valence-corrected chi connectivity index (χ3v) is 5.88. The summed E-state index contributed by atoms with van der Waals surface area (Å²) in [6, 6.07) is 6.80. The van der Waals surface area contributed by atoms with E-state index in [4.69, 9.17) is 4.52 Å². The van der Waals surface area contributed by atoms with Gasteiger partial charge in [-0.2, -0.15) is 10.1 Å². The molecule has 4 aromatic rings. The van der Waals surface area contributed by atoms with Gasteiger partial charge >= 0.3 is 0 Å². The number of halogens is 1. The van der Waals surface area contributed by atoms with Crippen molar-refractivity contribution in [2.24, 2.45) is 0 Å². The number of pyridine rings is 1. The molecule has 0 atom stereocenters. The zero-order valence-electron chi connectivity index (χ0n) is 19.8. The number of hydrogen-bond donors (Lipinski definition) is 3. The molecule has 0 aliphatic carbocycles. The third-order valence-electron chi connectivity index (χ3n) is 5.88. The Balaban J connectivity index is 1.37. The molecule has 3 aromatic heterocycles. The minimum Gasteiger partial charge on any atom is -0.345 e. The smallest absolute Gasteiger partial charge is 0.292 e. The van der Waals surface area contributed by atoms with Crippen LogP contribution in [-0.2, 0) is 12.0 Å². The van der Waals surface area contributed by atoms with E-state index in [0.29, 0.717) is 22.7 Å². The summed E-state index contributed by atoms with van der Waals surface area (Å²) in [4.78, 5) is 20.9. The predicted octanol–water partition coefficient (Wildman–Crippen LogP) is 3.75. The van der Waals surface area contributed by atoms with Crippen LogP contribution in [0.3, 0.4) is 0 Å². The number of nitrogens with zero attached hydrogens (tertiary/aromatic N) is 4. The van der Waals surface area contributed by atoms with Crippen molar-refractivity contribution in [2.45, 2.75) is 39.2 Å². The minimum atomic E-state index is -0.527. The Kier molecular flexibility index (Phi) is 5.89. The highest BCUT2D eigenvalue weighted by Gasteiger charge is 2.24. The normalized spacial score (nSPS) is 15.3. The second-order valence-electron chi connectivity index (χ2n) is 9.58. The molecule has 1 aliphatic rings. The Morgan fingerprint density at radius 3 is 2.86 bits per heavy atom. The van der Waals surface area contributed by atoms with E-state index >= 15 is 4.39 Å². The third kappa shape index (κ3) is 4.69. The highest BCUT2D eigenvalue weighted by molar-refractivity contribution is 5.98. The monoisotopic (exact) mass is 475 g/mol. The van der Waals surface area contributed by atoms with E-state index in [9.17, 15) is 4.79 Å². The van der Waals surface area contributed by atoms with Gasteiger partial charge < -0.3 is 15.2 Å². The van der Waals surface area contributed by atoms with Gasteiger partial charge in [-0.05, 0) is 42.3 Å². The fourth-order valence-electron chi connectivity index (χ4n) is 3.96. The van der Waals surface area contributed by atoms with E-state index < -0.39 is 11.7 Å². The van der Waals surface area contributed by atoms with E-state index in [1.807, 2.05) is 32.9 Å². The second kappa shape index (κ2) is 9.03. The van der Waals surface area contributed by atoms with Crippen molar-refractivity contribution in [3.63, 3.8) is 0 Å². The number of rotatable bonds is 5. The lowest BCUT2D eigenvalue weighted by atomic mass is 9.97. The minimum absolute atomic E-state index is 0.00779. The Hall–Kier alpha value is -3.92. The van der Waals surface area contributed by atoms with E-state index in [-0.39, 0.29) is 17.8 Å². The Morgan fingerprint density at radius 1 is 1.29 bits per heavy atom. The Labute approximate surface area is 201 Å². The molecule has 9 nitrogen and oxygen atoms in total. The summed E-state index contributed by atoms with van der Waals surface area (Å²) in [6.45, 7) is 7.50. The number of carbonyl (C=O) groups excluding carboxylic acids is 1. The fraction of sp³-hybridized carbons (Fsp3) is 0.320. The van der Waals surface area contributed by atoms with Gasteiger partial charge in [-0.3, -0.25) is 9.89 Å². The Bertz CT molecular complexity index is 1420. The molecule has 0 unspecified atom stereocenters. The number of nitrogens with one attached hydrogen (secondary N) is 3. The van der Waals surface area contributed by atoms with E-state index in [1.54, 1.807) is 12.3 Å². The number of aromatic nitrogens is 5. The number of fused-ring (bicyclic) bond motifs is 1. The molecular weight excluding hydrogens is 449 g/mol. The van der Waals surface area contributed by atoms with Crippen molar-refractivity contribution in [2.75, 3.05) is 13.1 Å². The number of amides is 1. The first-order valence-electron chi connectivity index (χ1n) is 11.4. The quantitative estimate of drug-likeness (QED) is 0.402. The molecule has 35 heavy (non-hydrogen) atoms. The van der Waals surface area contributed by atoms with Gasteiger partial charge in [0.25, 0.3) is 11.7 Å². The summed E-state index contributed by atoms with van der Waals surface area (Å²) in [5.74, 6) is -0.675. The molecule has 0 saturated carbocycles. The lowest BCUT2D eigenvalue weighted by molar-refractivity contribution is 0.0937. The van der Waals surface area contributed by atoms with Crippen LogP contribution < -0.4 is 10.6 Å². The van der Waals surface area contributed by atoms with Gasteiger partial charge in [0.05, 0.1) is 11.1 Å². The van der Waals surface area contributed by atoms with Crippen LogP contribution in [0.25, 0.3) is 28.2 Å². The fourth-order valence-corrected chi connectivity index (χ4v) is 3.96. The molecule has 0 spiro atoms. The molecule has 3 N–H and O–H groups in total. The van der Waals surface area contributed by atoms with E-state index in [0.717, 1.165) is 36.2 Å². The number of aromatic amines is 1. The first kappa shape index (κ1) is 22.9. The van der Waals surface area contributed by atoms with Crippen LogP contribution in [0.15, 0.2) is 40.6 Å². The molecule has 4 heterocycles. The lowest BCUT2D eigenvalue weighted by Crippen LogP contribution is -2.24. The van der Waals surface area contributed by atoms with Crippen LogP contribution in [-0.4, -0.2) is 44.3 Å². The zero-order valence-corrected chi connectivity index (χ0v) is 19.8. The van der Waals surface area contributed by atoms with Crippen LogP contribution in [0.5, 0.6) is 0 Å². The molecule has 1 fully saturated rings. The summed E-state index contributed by atoms with van der Waals surface area (Å²) in [6.07, 6.45) is 4.71. The lowest BCUT2D eigenvalue weighted by Gasteiger charge is -2.10. The molecule has 180 valence electrons. The van der Waals surface area contributed by atoms with Gasteiger partial charge in [0.15, 0.2) is 5.65 Å². The van der Waals surface area contributed by atoms with Crippen LogP contribution in [0.4, 0.5) is 4.39 Å². The maximum absolute atomic E-state index is 15.0. The molecule has 5 rings (SSSR count). The van der Waals surface area contributed by atoms with Crippen molar-refractivity contribution in [3.05, 3.63) is 64.8 Å². The molecule has 1 amide bonds. The molecule has 1 saturated heterocycles. The summed E-state index contributed by atoms with van der Waals surface area (Å²) in [7, 11) is 0. The standard InChI is InChI=1S/C25H26FN7O2/c1-25(2,3)24-30-22(33-35-24)23(34)29-13-16-5-4-15(11-18(16)26)17-7-9-28-21-20(17)19(31-32-21)10-14-6-8-27-12-14/h4-5,7,9-11,27H,6,8,12-13H2,1-3H3,(H,29,34)(H,28,31,32)/b14-10-. The van der Waals surface area contributed by atoms with Crippen LogP contribution in [0, 0.1) is 5.82 Å². The van der Waals surface area contributed by atoms with Crippen LogP contribution in [0.2, 0.25) is 0 Å². The van der Waals surface area contributed by atoms with Gasteiger partial charge in [0, 0.05) is 30.3 Å². The van der Waals surface area contributed by atoms with Crippen molar-refractivity contribution < 1.29 is 13.7 Å². The van der Waals surface area contributed by atoms with E-state index in [1.165, 1.54) is 11.6 Å². The van der Waals surface area contributed by atoms with Gasteiger partial charge in [-0.25, -0.2) is 9.37 Å². The largest absolute Gasteiger partial charge is 0.345 e. The molecule has 0 bridgehead atoms. The maximum atomic E-state index is 15.0. The number of hydrogen-bond acceptors (Lipinski definition) is 7. The van der Waals surface area contributed by atoms with Gasteiger partial charge in [-0.15, -0.1) is 0 Å². The maximum Gasteiger partial charge on any atom is 0.292 e. The average molecular weight is 476 g/mol. The predicted molar refractivity (Wildman–Crippen MR) is 129 cm³/mol. The van der Waals surface area contributed by atoms with Crippen molar-refractivity contribution in [1.29, 1.82) is 0 Å². The van der Waals surface area contributed by atoms with Gasteiger partial charge in [0.1, 0.15) is 5.82 Å². The zero-order chi connectivity index (χ0) is 24.6. The second-order valence-corrected chi connectivity index (χ2v) is 9.58. The molecule has 1 aromatic carbocycles. The van der Waals surface area contributed by atoms with Crippen LogP contribution in [0.1, 0.15) is 55.0 Å². The van der Waals surface area contributed by atoms with Crippen LogP contribution >= 0.6 is 0 Å². The van der Waals surface area contributed by atoms with E-state index in [2.05, 4.69) is 42.0 Å². The molecule has 10 heteroatoms. The number of benzene rings is 1. The highest BCUT2D eigenvalue weighted by Crippen LogP contribution is 2.31. The number of H-pyrrole nitrogens is 1. The summed E-state index contributed by atoms with van der Waals surface area (Å²) >= 11 is 0. The average Bonchev–Trinajstić information content (AvgIpc) is 3.59. The topological polar surface area (TPSA) is 122 Å². The van der Waals surface area contributed by atoms with Crippen molar-refractivity contribution in [1.82, 2.24) is 36.0 Å². The van der Waals surface area contributed by atoms with Crippen molar-refractivity contribution >= 4 is 23.0 Å². The molecule has 1 aliphatic heterocycles. The SMILES string of the molecule is CC(C)(C)c1nc(C(=O)NCc2ccc(-c3ccnc4[nH]nc(/C=C5/CCNC5)c34)cc2F)no1. The molecular formula is C25H26FN7O2. The van der Waals surface area contributed by atoms with Gasteiger partial charge in [0.2, 0.25) is 5.89 Å². The highest BCUT2D eigenvalue weighted by atomic mass is 19.1. The summed E-state index contributed by atoms with van der Waals surface area (Å²) < 4.78 is 20.2. The van der Waals surface area contributed by atoms with Gasteiger partial charge in [-0.1, -0.05) is 43.6 Å².